The van der Waals surface area contributed by atoms with Crippen molar-refractivity contribution in [2.24, 2.45) is 0 Å². The summed E-state index contributed by atoms with van der Waals surface area (Å²) in [6.07, 6.45) is 3.93. The third-order valence-electron chi connectivity index (χ3n) is 4.63. The van der Waals surface area contributed by atoms with Gasteiger partial charge in [0.1, 0.15) is 11.6 Å². The third kappa shape index (κ3) is 5.30. The van der Waals surface area contributed by atoms with Crippen LogP contribution in [0.25, 0.3) is 5.57 Å². The molecule has 8 heteroatoms. The van der Waals surface area contributed by atoms with Crippen LogP contribution >= 0.6 is 11.8 Å². The second-order valence-corrected chi connectivity index (χ2v) is 7.87. The second kappa shape index (κ2) is 10.6. The number of carbonyl (C=O) groups excluding carboxylic acids is 1. The van der Waals surface area contributed by atoms with Gasteiger partial charge in [-0.25, -0.2) is 9.97 Å². The molecule has 156 valence electrons. The van der Waals surface area contributed by atoms with E-state index < -0.39 is 0 Å². The summed E-state index contributed by atoms with van der Waals surface area (Å²) in [5, 5.41) is 17.0. The maximum Gasteiger partial charge on any atom is 0.223 e. The highest BCUT2D eigenvalue weighted by Gasteiger charge is 2.21. The van der Waals surface area contributed by atoms with Gasteiger partial charge in [0.25, 0.3) is 0 Å². The summed E-state index contributed by atoms with van der Waals surface area (Å²) in [4.78, 5) is 23.7. The summed E-state index contributed by atoms with van der Waals surface area (Å²) in [6, 6.07) is 12.0. The molecule has 1 aromatic heterocycles. The van der Waals surface area contributed by atoms with Crippen LogP contribution in [0.5, 0.6) is 0 Å². The van der Waals surface area contributed by atoms with Crippen LogP contribution in [0.1, 0.15) is 38.8 Å². The van der Waals surface area contributed by atoms with Crippen LogP contribution in [0, 0.1) is 11.3 Å². The lowest BCUT2D eigenvalue weighted by molar-refractivity contribution is -0.130. The molecular weight excluding hydrogens is 396 g/mol. The highest BCUT2D eigenvalue weighted by Crippen LogP contribution is 2.43. The van der Waals surface area contributed by atoms with Crippen LogP contribution in [-0.2, 0) is 4.79 Å². The van der Waals surface area contributed by atoms with Gasteiger partial charge in [-0.2, -0.15) is 5.26 Å². The number of amides is 1. The first-order valence-corrected chi connectivity index (χ1v) is 11.0. The Morgan fingerprint density at radius 1 is 1.27 bits per heavy atom. The molecule has 1 aliphatic rings. The summed E-state index contributed by atoms with van der Waals surface area (Å²) in [5.41, 5.74) is 2.06. The number of aromatic nitrogens is 2. The topological polar surface area (TPSA) is 93.9 Å². The summed E-state index contributed by atoms with van der Waals surface area (Å²) < 4.78 is 0. The van der Waals surface area contributed by atoms with E-state index >= 15 is 0 Å². The zero-order valence-electron chi connectivity index (χ0n) is 17.3. The zero-order chi connectivity index (χ0) is 21.3. The van der Waals surface area contributed by atoms with Gasteiger partial charge in [0.15, 0.2) is 0 Å². The van der Waals surface area contributed by atoms with E-state index in [-0.39, 0.29) is 5.91 Å². The first kappa shape index (κ1) is 21.7. The summed E-state index contributed by atoms with van der Waals surface area (Å²) >= 11 is 1.53. The maximum absolute atomic E-state index is 12.0. The minimum Gasteiger partial charge on any atom is -0.354 e. The predicted octanol–water partition coefficient (Wildman–Crippen LogP) is 4.34. The van der Waals surface area contributed by atoms with Crippen LogP contribution in [0.3, 0.4) is 0 Å². The number of hydrogen-bond donors (Lipinski definition) is 2. The van der Waals surface area contributed by atoms with Gasteiger partial charge >= 0.3 is 0 Å². The van der Waals surface area contributed by atoms with E-state index in [0.717, 1.165) is 35.0 Å². The first-order valence-electron chi connectivity index (χ1n) is 10.2. The molecule has 1 aliphatic heterocycles. The lowest BCUT2D eigenvalue weighted by Gasteiger charge is -2.21. The number of nitriles is 1. The Hall–Kier alpha value is -3.05. The number of carbonyl (C=O) groups is 1. The lowest BCUT2D eigenvalue weighted by atomic mass is 10.2. The monoisotopic (exact) mass is 422 g/mol. The van der Waals surface area contributed by atoms with E-state index in [1.807, 2.05) is 36.1 Å². The van der Waals surface area contributed by atoms with Crippen molar-refractivity contribution in [3.63, 3.8) is 0 Å². The Bertz CT molecular complexity index is 941. The molecule has 0 aliphatic carbocycles. The summed E-state index contributed by atoms with van der Waals surface area (Å²) in [5.74, 6) is 0.660. The molecule has 2 N–H and O–H groups in total. The summed E-state index contributed by atoms with van der Waals surface area (Å²) in [7, 11) is 0. The number of nitrogens with one attached hydrogen (secondary N) is 2. The number of allylic oxidation sites excluding steroid dienone is 1. The van der Waals surface area contributed by atoms with E-state index in [1.165, 1.54) is 11.8 Å². The van der Waals surface area contributed by atoms with Gasteiger partial charge in [0.05, 0.1) is 16.4 Å². The molecule has 0 unspecified atom stereocenters. The molecule has 0 radical (unpaired) electrons. The molecular formula is C22H26N6OS. The van der Waals surface area contributed by atoms with Gasteiger partial charge in [-0.1, -0.05) is 37.7 Å². The molecule has 0 fully saturated rings. The molecule has 0 saturated heterocycles. The molecule has 3 rings (SSSR count). The Morgan fingerprint density at radius 2 is 2.10 bits per heavy atom. The zero-order valence-corrected chi connectivity index (χ0v) is 18.1. The van der Waals surface area contributed by atoms with Gasteiger partial charge in [-0.3, -0.25) is 4.79 Å². The quantitative estimate of drug-likeness (QED) is 0.459. The van der Waals surface area contributed by atoms with Crippen molar-refractivity contribution in [3.8, 4) is 6.07 Å². The van der Waals surface area contributed by atoms with Gasteiger partial charge < -0.3 is 15.5 Å². The Kier molecular flexibility index (Phi) is 7.69. The normalized spacial score (nSPS) is 13.8. The van der Waals surface area contributed by atoms with Gasteiger partial charge in [-0.15, -0.1) is 0 Å². The molecule has 2 heterocycles. The number of thioether (sulfide) groups is 1. The molecule has 2 aromatic rings. The standard InChI is InChI=1S/C22H26N6OS/c1-3-13-28(20(29)4-2)14-7-11-24-22-25-12-10-17(27-22)16(15-23)21-26-18-8-5-6-9-19(18)30-21/h5-6,8-10,12,26H,3-4,7,11,13-14H2,1-2H3,(H,24,25,27)/b21-16+. The van der Waals surface area contributed by atoms with Crippen LogP contribution in [0.15, 0.2) is 46.5 Å². The van der Waals surface area contributed by atoms with Gasteiger partial charge in [-0.05, 0) is 31.0 Å². The van der Waals surface area contributed by atoms with Crippen molar-refractivity contribution in [2.75, 3.05) is 30.3 Å². The number of benzene rings is 1. The summed E-state index contributed by atoms with van der Waals surface area (Å²) in [6.45, 7) is 6.10. The van der Waals surface area contributed by atoms with Crippen LogP contribution in [0.4, 0.5) is 11.6 Å². The van der Waals surface area contributed by atoms with Crippen molar-refractivity contribution in [1.29, 1.82) is 5.26 Å². The molecule has 7 nitrogen and oxygen atoms in total. The Balaban J connectivity index is 1.63. The van der Waals surface area contributed by atoms with Crippen molar-refractivity contribution < 1.29 is 4.79 Å². The van der Waals surface area contributed by atoms with Gasteiger partial charge in [0, 0.05) is 37.1 Å². The fourth-order valence-electron chi connectivity index (χ4n) is 3.16. The molecule has 0 bridgehead atoms. The first-order chi connectivity index (χ1) is 14.7. The predicted molar refractivity (Wildman–Crippen MR) is 121 cm³/mol. The van der Waals surface area contributed by atoms with E-state index in [9.17, 15) is 10.1 Å². The molecule has 30 heavy (non-hydrogen) atoms. The van der Waals surface area contributed by atoms with Crippen molar-refractivity contribution in [3.05, 3.63) is 47.3 Å². The highest BCUT2D eigenvalue weighted by molar-refractivity contribution is 8.04. The van der Waals surface area contributed by atoms with Crippen LogP contribution in [-0.4, -0.2) is 40.4 Å². The number of para-hydroxylation sites is 1. The number of fused-ring (bicyclic) bond motifs is 1. The smallest absolute Gasteiger partial charge is 0.223 e. The SMILES string of the molecule is CCCN(CCCNc1nccc(/C(C#N)=C2\Nc3ccccc3S2)n1)C(=O)CC. The molecule has 1 aromatic carbocycles. The number of nitrogens with zero attached hydrogens (tertiary/aromatic N) is 4. The second-order valence-electron chi connectivity index (χ2n) is 6.82. The minimum atomic E-state index is 0.183. The fraction of sp³-hybridized carbons (Fsp3) is 0.364. The largest absolute Gasteiger partial charge is 0.354 e. The van der Waals surface area contributed by atoms with Crippen molar-refractivity contribution >= 4 is 34.9 Å². The van der Waals surface area contributed by atoms with Gasteiger partial charge in [0.2, 0.25) is 11.9 Å². The lowest BCUT2D eigenvalue weighted by Crippen LogP contribution is -2.33. The van der Waals surface area contributed by atoms with Crippen molar-refractivity contribution in [1.82, 2.24) is 14.9 Å². The molecule has 0 spiro atoms. The van der Waals surface area contributed by atoms with Crippen molar-refractivity contribution in [2.45, 2.75) is 38.0 Å². The van der Waals surface area contributed by atoms with Crippen LogP contribution in [0.2, 0.25) is 0 Å². The number of anilines is 2. The Morgan fingerprint density at radius 3 is 2.83 bits per heavy atom. The number of rotatable bonds is 9. The van der Waals surface area contributed by atoms with E-state index in [2.05, 4.69) is 33.6 Å². The van der Waals surface area contributed by atoms with Crippen LogP contribution < -0.4 is 10.6 Å². The minimum absolute atomic E-state index is 0.183. The Labute approximate surface area is 181 Å². The third-order valence-corrected chi connectivity index (χ3v) is 5.72. The molecule has 0 atom stereocenters. The molecule has 1 amide bonds. The fourth-order valence-corrected chi connectivity index (χ4v) is 4.17. The average molecular weight is 423 g/mol. The molecule has 0 saturated carbocycles. The average Bonchev–Trinajstić information content (AvgIpc) is 3.20. The maximum atomic E-state index is 12.0. The van der Waals surface area contributed by atoms with E-state index in [0.29, 0.717) is 36.7 Å². The highest BCUT2D eigenvalue weighted by atomic mass is 32.2. The van der Waals surface area contributed by atoms with E-state index in [1.54, 1.807) is 12.3 Å². The van der Waals surface area contributed by atoms with E-state index in [4.69, 9.17) is 0 Å². The number of hydrogen-bond acceptors (Lipinski definition) is 7.